The minimum absolute atomic E-state index is 0.0349. The molecule has 1 heteroatoms. The van der Waals surface area contributed by atoms with Crippen molar-refractivity contribution in [2.75, 3.05) is 0 Å². The first-order valence-electron chi connectivity index (χ1n) is 9.20. The third kappa shape index (κ3) is 1.72. The van der Waals surface area contributed by atoms with Crippen molar-refractivity contribution in [3.8, 4) is 0 Å². The summed E-state index contributed by atoms with van der Waals surface area (Å²) in [5.74, 6) is 3.67. The van der Waals surface area contributed by atoms with Gasteiger partial charge in [0.25, 0.3) is 0 Å². The molecule has 6 atom stereocenters. The first-order valence-corrected chi connectivity index (χ1v) is 9.20. The molecule has 0 spiro atoms. The summed E-state index contributed by atoms with van der Waals surface area (Å²) in [4.78, 5) is 12.4. The van der Waals surface area contributed by atoms with Crippen molar-refractivity contribution in [1.82, 2.24) is 0 Å². The summed E-state index contributed by atoms with van der Waals surface area (Å²) in [6.45, 7) is 7.31. The van der Waals surface area contributed by atoms with Crippen LogP contribution in [0.15, 0.2) is 11.6 Å². The first-order chi connectivity index (χ1) is 9.97. The van der Waals surface area contributed by atoms with Crippen molar-refractivity contribution in [1.29, 1.82) is 0 Å². The van der Waals surface area contributed by atoms with Crippen LogP contribution in [0, 0.1) is 34.5 Å². The molecular weight excluding hydrogens is 256 g/mol. The van der Waals surface area contributed by atoms with Crippen LogP contribution in [0.25, 0.3) is 0 Å². The van der Waals surface area contributed by atoms with Gasteiger partial charge in [-0.25, -0.2) is 0 Å². The Bertz CT molecular complexity index is 504. The zero-order valence-electron chi connectivity index (χ0n) is 14.0. The number of fused-ring (bicyclic) bond motifs is 5. The fourth-order valence-corrected chi connectivity index (χ4v) is 6.98. The highest BCUT2D eigenvalue weighted by molar-refractivity contribution is 5.87. The van der Waals surface area contributed by atoms with Gasteiger partial charge in [-0.3, -0.25) is 4.79 Å². The van der Waals surface area contributed by atoms with Gasteiger partial charge in [0.2, 0.25) is 0 Å². The van der Waals surface area contributed by atoms with Crippen molar-refractivity contribution in [2.45, 2.75) is 72.1 Å². The van der Waals surface area contributed by atoms with Crippen LogP contribution in [0.3, 0.4) is 0 Å². The molecule has 1 nitrogen and oxygen atoms in total. The number of rotatable bonds is 0. The molecule has 4 aliphatic carbocycles. The summed E-state index contributed by atoms with van der Waals surface area (Å²) in [7, 11) is 0. The van der Waals surface area contributed by atoms with Gasteiger partial charge >= 0.3 is 0 Å². The van der Waals surface area contributed by atoms with Crippen molar-refractivity contribution in [3.63, 3.8) is 0 Å². The summed E-state index contributed by atoms with van der Waals surface area (Å²) in [5, 5.41) is 0. The van der Waals surface area contributed by atoms with Gasteiger partial charge in [-0.1, -0.05) is 32.4 Å². The van der Waals surface area contributed by atoms with Crippen LogP contribution >= 0.6 is 0 Å². The monoisotopic (exact) mass is 286 g/mol. The van der Waals surface area contributed by atoms with Crippen LogP contribution in [0.1, 0.15) is 72.1 Å². The van der Waals surface area contributed by atoms with Crippen molar-refractivity contribution >= 4 is 5.78 Å². The maximum atomic E-state index is 12.4. The standard InChI is InChI=1S/C20H30O/c1-13-12-14-16-7-8-18(21)20(16,3)11-9-17(14)19(2)10-5-4-6-15(13)19/h6,13-14,16-17H,4-5,7-12H2,1-3H3/t13-,14?,16?,17?,19-,20-/m0/s1. The van der Waals surface area contributed by atoms with E-state index in [1.165, 1.54) is 38.5 Å². The summed E-state index contributed by atoms with van der Waals surface area (Å²) in [5.41, 5.74) is 2.27. The molecule has 3 unspecified atom stereocenters. The Kier molecular flexibility index (Phi) is 2.98. The lowest BCUT2D eigenvalue weighted by atomic mass is 9.46. The van der Waals surface area contributed by atoms with Gasteiger partial charge in [0.05, 0.1) is 0 Å². The van der Waals surface area contributed by atoms with Gasteiger partial charge in [-0.15, -0.1) is 0 Å². The molecule has 0 amide bonds. The molecule has 0 aliphatic heterocycles. The highest BCUT2D eigenvalue weighted by atomic mass is 16.1. The molecule has 3 fully saturated rings. The second-order valence-corrected chi connectivity index (χ2v) is 8.90. The first kappa shape index (κ1) is 14.0. The predicted molar refractivity (Wildman–Crippen MR) is 85.9 cm³/mol. The minimum atomic E-state index is 0.0349. The molecule has 0 aromatic carbocycles. The fourth-order valence-electron chi connectivity index (χ4n) is 6.98. The largest absolute Gasteiger partial charge is 0.299 e. The van der Waals surface area contributed by atoms with Gasteiger partial charge < -0.3 is 0 Å². The Morgan fingerprint density at radius 3 is 2.67 bits per heavy atom. The SMILES string of the molecule is C[C@H]1CC2C(CC[C@]3(C)C(=O)CCC23)[C@@]2(C)CCCC=C12. The van der Waals surface area contributed by atoms with E-state index in [0.29, 0.717) is 17.1 Å². The summed E-state index contributed by atoms with van der Waals surface area (Å²) >= 11 is 0. The second-order valence-electron chi connectivity index (χ2n) is 8.90. The lowest BCUT2D eigenvalue weighted by Gasteiger charge is -2.58. The van der Waals surface area contributed by atoms with Crippen molar-refractivity contribution in [2.24, 2.45) is 34.5 Å². The summed E-state index contributed by atoms with van der Waals surface area (Å²) in [6.07, 6.45) is 12.5. The quantitative estimate of drug-likeness (QED) is 0.562. The third-order valence-electron chi connectivity index (χ3n) is 8.05. The molecule has 0 aromatic heterocycles. The van der Waals surface area contributed by atoms with Crippen molar-refractivity contribution in [3.05, 3.63) is 11.6 Å². The number of Topliss-reactive ketones (excluding diaryl/α,β-unsaturated/α-hetero) is 1. The van der Waals surface area contributed by atoms with Crippen LogP contribution in [0.5, 0.6) is 0 Å². The van der Waals surface area contributed by atoms with Crippen LogP contribution in [-0.2, 0) is 4.79 Å². The Morgan fingerprint density at radius 2 is 1.86 bits per heavy atom. The van der Waals surface area contributed by atoms with Gasteiger partial charge in [-0.05, 0) is 74.0 Å². The Morgan fingerprint density at radius 1 is 1.10 bits per heavy atom. The highest BCUT2D eigenvalue weighted by Gasteiger charge is 2.59. The summed E-state index contributed by atoms with van der Waals surface area (Å²) < 4.78 is 0. The molecule has 21 heavy (non-hydrogen) atoms. The van der Waals surface area contributed by atoms with E-state index in [0.717, 1.165) is 30.6 Å². The average molecular weight is 286 g/mol. The smallest absolute Gasteiger partial charge is 0.139 e. The van der Waals surface area contributed by atoms with E-state index in [9.17, 15) is 4.79 Å². The van der Waals surface area contributed by atoms with Crippen LogP contribution < -0.4 is 0 Å². The maximum absolute atomic E-state index is 12.4. The van der Waals surface area contributed by atoms with E-state index in [2.05, 4.69) is 26.8 Å². The van der Waals surface area contributed by atoms with E-state index in [1.54, 1.807) is 5.57 Å². The molecule has 116 valence electrons. The normalized spacial score (nSPS) is 52.7. The molecule has 0 saturated heterocycles. The topological polar surface area (TPSA) is 17.1 Å². The van der Waals surface area contributed by atoms with Gasteiger partial charge in [-0.2, -0.15) is 0 Å². The van der Waals surface area contributed by atoms with E-state index >= 15 is 0 Å². The molecule has 0 aromatic rings. The molecule has 0 N–H and O–H groups in total. The lowest BCUT2D eigenvalue weighted by Crippen LogP contribution is -2.51. The Hall–Kier alpha value is -0.590. The molecule has 0 heterocycles. The van der Waals surface area contributed by atoms with Crippen LogP contribution in [0.4, 0.5) is 0 Å². The van der Waals surface area contributed by atoms with Gasteiger partial charge in [0, 0.05) is 11.8 Å². The number of ketones is 1. The van der Waals surface area contributed by atoms with E-state index in [1.807, 2.05) is 0 Å². The molecule has 4 aliphatic rings. The van der Waals surface area contributed by atoms with Gasteiger partial charge in [0.1, 0.15) is 5.78 Å². The average Bonchev–Trinajstić information content (AvgIpc) is 2.75. The number of allylic oxidation sites excluding steroid dienone is 2. The number of carbonyl (C=O) groups is 1. The summed E-state index contributed by atoms with van der Waals surface area (Å²) in [6, 6.07) is 0. The van der Waals surface area contributed by atoms with E-state index in [-0.39, 0.29) is 5.41 Å². The Labute approximate surface area is 129 Å². The van der Waals surface area contributed by atoms with E-state index < -0.39 is 0 Å². The predicted octanol–water partition coefficient (Wildman–Crippen LogP) is 5.15. The molecule has 0 bridgehead atoms. The van der Waals surface area contributed by atoms with Crippen LogP contribution in [0.2, 0.25) is 0 Å². The van der Waals surface area contributed by atoms with Crippen LogP contribution in [-0.4, -0.2) is 5.78 Å². The highest BCUT2D eigenvalue weighted by Crippen LogP contribution is 2.65. The third-order valence-corrected chi connectivity index (χ3v) is 8.05. The maximum Gasteiger partial charge on any atom is 0.139 e. The molecule has 3 saturated carbocycles. The fraction of sp³-hybridized carbons (Fsp3) is 0.850. The number of carbonyl (C=O) groups excluding carboxylic acids is 1. The zero-order valence-corrected chi connectivity index (χ0v) is 14.0. The molecular formula is C20H30O. The molecule has 4 rings (SSSR count). The Balaban J connectivity index is 1.73. The lowest BCUT2D eigenvalue weighted by molar-refractivity contribution is -0.133. The van der Waals surface area contributed by atoms with Gasteiger partial charge in [0.15, 0.2) is 0 Å². The van der Waals surface area contributed by atoms with E-state index in [4.69, 9.17) is 0 Å². The van der Waals surface area contributed by atoms with Crippen molar-refractivity contribution < 1.29 is 4.79 Å². The number of hydrogen-bond acceptors (Lipinski definition) is 1. The molecule has 0 radical (unpaired) electrons. The minimum Gasteiger partial charge on any atom is -0.299 e. The number of hydrogen-bond donors (Lipinski definition) is 0. The zero-order chi connectivity index (χ0) is 14.8. The second kappa shape index (κ2) is 4.46.